The summed E-state index contributed by atoms with van der Waals surface area (Å²) in [6, 6.07) is 11.4. The first-order valence-corrected chi connectivity index (χ1v) is 12.2. The van der Waals surface area contributed by atoms with E-state index in [2.05, 4.69) is 10.4 Å². The van der Waals surface area contributed by atoms with Crippen LogP contribution in [0.4, 0.5) is 10.2 Å². The Labute approximate surface area is 212 Å². The summed E-state index contributed by atoms with van der Waals surface area (Å²) in [7, 11) is 1.76. The van der Waals surface area contributed by atoms with Gasteiger partial charge < -0.3 is 14.8 Å². The number of ether oxygens (including phenoxy) is 2. The summed E-state index contributed by atoms with van der Waals surface area (Å²) in [6.45, 7) is 1.65. The van der Waals surface area contributed by atoms with Crippen LogP contribution in [0.1, 0.15) is 17.5 Å². The van der Waals surface area contributed by atoms with Gasteiger partial charge >= 0.3 is 0 Å². The predicted octanol–water partition coefficient (Wildman–Crippen LogP) is 3.50. The molecule has 0 aliphatic carbocycles. The van der Waals surface area contributed by atoms with Crippen molar-refractivity contribution in [2.75, 3.05) is 31.2 Å². The van der Waals surface area contributed by atoms with Crippen LogP contribution in [0.25, 0.3) is 11.3 Å². The topological polar surface area (TPSA) is 85.7 Å². The minimum atomic E-state index is -0.480. The molecule has 0 radical (unpaired) electrons. The summed E-state index contributed by atoms with van der Waals surface area (Å²) < 4.78 is 27.3. The van der Waals surface area contributed by atoms with Gasteiger partial charge in [-0.3, -0.25) is 19.2 Å². The third-order valence-electron chi connectivity index (χ3n) is 6.46. The van der Waals surface area contributed by atoms with Crippen molar-refractivity contribution in [1.82, 2.24) is 15.1 Å². The molecule has 2 aliphatic rings. The Morgan fingerprint density at radius 1 is 1.28 bits per heavy atom. The first kappa shape index (κ1) is 24.3. The van der Waals surface area contributed by atoms with Crippen molar-refractivity contribution in [2.45, 2.75) is 19.4 Å². The Bertz CT molecular complexity index is 1310. The first-order chi connectivity index (χ1) is 17.4. The maximum atomic E-state index is 14.3. The summed E-state index contributed by atoms with van der Waals surface area (Å²) in [5.74, 6) is -0.0539. The second-order valence-corrected chi connectivity index (χ2v) is 9.42. The highest BCUT2D eigenvalue weighted by Gasteiger charge is 2.32. The molecule has 1 aromatic heterocycles. The molecule has 1 fully saturated rings. The highest BCUT2D eigenvalue weighted by Crippen LogP contribution is 2.42. The zero-order chi connectivity index (χ0) is 25.2. The highest BCUT2D eigenvalue weighted by molar-refractivity contribution is 6.31. The second-order valence-electron chi connectivity index (χ2n) is 8.99. The molecular weight excluding hydrogens is 487 g/mol. The van der Waals surface area contributed by atoms with Crippen molar-refractivity contribution >= 4 is 29.2 Å². The number of hydrogen-bond donors (Lipinski definition) is 1. The summed E-state index contributed by atoms with van der Waals surface area (Å²) in [5, 5.41) is 8.03. The van der Waals surface area contributed by atoms with Crippen molar-refractivity contribution in [3.63, 3.8) is 0 Å². The smallest absolute Gasteiger partial charge is 0.240 e. The van der Waals surface area contributed by atoms with Crippen LogP contribution in [0.3, 0.4) is 0 Å². The first-order valence-electron chi connectivity index (χ1n) is 11.8. The summed E-state index contributed by atoms with van der Waals surface area (Å²) >= 11 is 6.23. The van der Waals surface area contributed by atoms with E-state index in [-0.39, 0.29) is 37.0 Å². The average molecular weight is 513 g/mol. The lowest BCUT2D eigenvalue weighted by Crippen LogP contribution is -2.43. The number of carbonyl (C=O) groups is 2. The minimum absolute atomic E-state index is 0.164. The zero-order valence-electron chi connectivity index (χ0n) is 19.8. The molecule has 2 aliphatic heterocycles. The van der Waals surface area contributed by atoms with Gasteiger partial charge in [0.2, 0.25) is 11.8 Å². The fourth-order valence-electron chi connectivity index (χ4n) is 4.59. The number of rotatable bonds is 7. The molecule has 0 bridgehead atoms. The SMILES string of the molecule is Cn1nc(N(CC(=O)NCC2CCOC2)C(=O)Cc2ccccc2F)c2c1-c1cc(Cl)ccc1OC2. The Morgan fingerprint density at radius 3 is 2.89 bits per heavy atom. The van der Waals surface area contributed by atoms with Gasteiger partial charge in [0.25, 0.3) is 0 Å². The van der Waals surface area contributed by atoms with E-state index in [1.54, 1.807) is 48.1 Å². The molecule has 36 heavy (non-hydrogen) atoms. The molecule has 10 heteroatoms. The number of aromatic nitrogens is 2. The zero-order valence-corrected chi connectivity index (χ0v) is 20.6. The van der Waals surface area contributed by atoms with Crippen LogP contribution >= 0.6 is 11.6 Å². The number of hydrogen-bond acceptors (Lipinski definition) is 5. The summed E-state index contributed by atoms with van der Waals surface area (Å²) in [6.07, 6.45) is 0.661. The fraction of sp³-hybridized carbons (Fsp3) is 0.346. The van der Waals surface area contributed by atoms with E-state index in [0.717, 1.165) is 17.7 Å². The van der Waals surface area contributed by atoms with Gasteiger partial charge in [0.05, 0.1) is 24.3 Å². The molecule has 1 saturated heterocycles. The quantitative estimate of drug-likeness (QED) is 0.523. The lowest BCUT2D eigenvalue weighted by Gasteiger charge is -2.24. The predicted molar refractivity (Wildman–Crippen MR) is 132 cm³/mol. The molecule has 0 saturated carbocycles. The lowest BCUT2D eigenvalue weighted by atomic mass is 10.0. The molecule has 2 aromatic carbocycles. The largest absolute Gasteiger partial charge is 0.488 e. The van der Waals surface area contributed by atoms with Crippen molar-refractivity contribution in [3.05, 3.63) is 64.4 Å². The van der Waals surface area contributed by atoms with Crippen molar-refractivity contribution in [1.29, 1.82) is 0 Å². The van der Waals surface area contributed by atoms with Crippen LogP contribution in [0.5, 0.6) is 5.75 Å². The van der Waals surface area contributed by atoms with E-state index < -0.39 is 11.7 Å². The average Bonchev–Trinajstić information content (AvgIpc) is 3.50. The molecule has 1 atom stereocenters. The number of benzene rings is 2. The van der Waals surface area contributed by atoms with Gasteiger partial charge in [-0.25, -0.2) is 4.39 Å². The van der Waals surface area contributed by atoms with Crippen LogP contribution in [0, 0.1) is 11.7 Å². The minimum Gasteiger partial charge on any atom is -0.488 e. The third-order valence-corrected chi connectivity index (χ3v) is 6.70. The number of halogens is 2. The number of nitrogens with zero attached hydrogens (tertiary/aromatic N) is 3. The Balaban J connectivity index is 1.46. The summed E-state index contributed by atoms with van der Waals surface area (Å²) in [5.41, 5.74) is 2.40. The monoisotopic (exact) mass is 512 g/mol. The molecular formula is C26H26ClFN4O4. The van der Waals surface area contributed by atoms with Gasteiger partial charge in [-0.05, 0) is 36.2 Å². The lowest BCUT2D eigenvalue weighted by molar-refractivity contribution is -0.123. The number of aryl methyl sites for hydroxylation is 1. The standard InChI is InChI=1S/C26H26ClFN4O4/c1-31-25-19-11-18(27)6-7-22(19)36-15-20(25)26(30-31)32(13-23(33)29-12-16-8-9-35-14-16)24(34)10-17-4-2-3-5-21(17)28/h2-7,11,16H,8-10,12-15H2,1H3,(H,29,33). The van der Waals surface area contributed by atoms with Crippen molar-refractivity contribution < 1.29 is 23.5 Å². The number of anilines is 1. The number of nitrogens with one attached hydrogen (secondary N) is 1. The Morgan fingerprint density at radius 2 is 2.11 bits per heavy atom. The van der Waals surface area contributed by atoms with Gasteiger partial charge in [-0.1, -0.05) is 29.8 Å². The molecule has 0 spiro atoms. The molecule has 1 N–H and O–H groups in total. The molecule has 3 heterocycles. The Hall–Kier alpha value is -3.43. The van der Waals surface area contributed by atoms with Crippen LogP contribution in [0.2, 0.25) is 5.02 Å². The molecule has 8 nitrogen and oxygen atoms in total. The van der Waals surface area contributed by atoms with E-state index in [4.69, 9.17) is 21.1 Å². The maximum absolute atomic E-state index is 14.3. The molecule has 188 valence electrons. The van der Waals surface area contributed by atoms with Crippen LogP contribution < -0.4 is 15.0 Å². The number of fused-ring (bicyclic) bond motifs is 3. The van der Waals surface area contributed by atoms with Gasteiger partial charge in [0, 0.05) is 36.7 Å². The van der Waals surface area contributed by atoms with Gasteiger partial charge in [0.1, 0.15) is 24.7 Å². The molecule has 5 rings (SSSR count). The van der Waals surface area contributed by atoms with E-state index in [0.29, 0.717) is 41.9 Å². The van der Waals surface area contributed by atoms with Crippen LogP contribution in [0.15, 0.2) is 42.5 Å². The van der Waals surface area contributed by atoms with E-state index >= 15 is 0 Å². The third kappa shape index (κ3) is 4.94. The van der Waals surface area contributed by atoms with Crippen LogP contribution in [-0.4, -0.2) is 47.9 Å². The van der Waals surface area contributed by atoms with E-state index in [1.807, 2.05) is 0 Å². The summed E-state index contributed by atoms with van der Waals surface area (Å²) in [4.78, 5) is 27.7. The fourth-order valence-corrected chi connectivity index (χ4v) is 4.76. The molecule has 3 aromatic rings. The normalized spacial score (nSPS) is 16.1. The van der Waals surface area contributed by atoms with E-state index in [9.17, 15) is 14.0 Å². The van der Waals surface area contributed by atoms with Crippen LogP contribution in [-0.2, 0) is 34.4 Å². The second kappa shape index (κ2) is 10.3. The van der Waals surface area contributed by atoms with Crippen molar-refractivity contribution in [2.24, 2.45) is 13.0 Å². The molecule has 2 amide bonds. The molecule has 1 unspecified atom stereocenters. The van der Waals surface area contributed by atoms with Gasteiger partial charge in [-0.2, -0.15) is 5.10 Å². The van der Waals surface area contributed by atoms with Gasteiger partial charge in [0.15, 0.2) is 5.82 Å². The number of carbonyl (C=O) groups excluding carboxylic acids is 2. The highest BCUT2D eigenvalue weighted by atomic mass is 35.5. The van der Waals surface area contributed by atoms with E-state index in [1.165, 1.54) is 11.0 Å². The maximum Gasteiger partial charge on any atom is 0.240 e. The Kier molecular flexibility index (Phi) is 6.93. The van der Waals surface area contributed by atoms with Crippen molar-refractivity contribution in [3.8, 4) is 17.0 Å². The number of amides is 2. The van der Waals surface area contributed by atoms with Gasteiger partial charge in [-0.15, -0.1) is 0 Å².